The molecule has 0 radical (unpaired) electrons. The van der Waals surface area contributed by atoms with E-state index in [-0.39, 0.29) is 17.2 Å². The van der Waals surface area contributed by atoms with Crippen LogP contribution in [0.2, 0.25) is 0 Å². The molecule has 1 saturated carbocycles. The first-order valence-corrected chi connectivity index (χ1v) is 6.76. The van der Waals surface area contributed by atoms with Gasteiger partial charge >= 0.3 is 12.0 Å². The lowest BCUT2D eigenvalue weighted by Gasteiger charge is -2.26. The maximum atomic E-state index is 12.1. The van der Waals surface area contributed by atoms with E-state index in [0.29, 0.717) is 12.5 Å². The normalized spacial score (nSPS) is 15.7. The molecule has 6 heteroatoms. The summed E-state index contributed by atoms with van der Waals surface area (Å²) >= 11 is 0. The number of hydrogen-bond donors (Lipinski definition) is 2. The Labute approximate surface area is 118 Å². The predicted molar refractivity (Wildman–Crippen MR) is 74.1 cm³/mol. The van der Waals surface area contributed by atoms with Gasteiger partial charge in [0.05, 0.1) is 0 Å². The SMILES string of the molecule is CC(C(=O)O)=C(C)C(=O)NC(=O)N(CC1CC1)C(C)C. The fourth-order valence-corrected chi connectivity index (χ4v) is 1.70. The molecular weight excluding hydrogens is 260 g/mol. The van der Waals surface area contributed by atoms with E-state index in [2.05, 4.69) is 5.32 Å². The summed E-state index contributed by atoms with van der Waals surface area (Å²) in [4.78, 5) is 36.3. The van der Waals surface area contributed by atoms with E-state index < -0.39 is 17.9 Å². The summed E-state index contributed by atoms with van der Waals surface area (Å²) in [5, 5.41) is 11.1. The Bertz CT molecular complexity index is 450. The molecule has 0 aromatic carbocycles. The Balaban J connectivity index is 2.69. The average Bonchev–Trinajstić information content (AvgIpc) is 3.17. The van der Waals surface area contributed by atoms with Crippen LogP contribution >= 0.6 is 0 Å². The van der Waals surface area contributed by atoms with Crippen molar-refractivity contribution in [2.24, 2.45) is 5.92 Å². The zero-order valence-electron chi connectivity index (χ0n) is 12.4. The van der Waals surface area contributed by atoms with Gasteiger partial charge in [-0.3, -0.25) is 10.1 Å². The molecule has 0 aliphatic heterocycles. The van der Waals surface area contributed by atoms with Gasteiger partial charge in [0.25, 0.3) is 5.91 Å². The molecule has 0 saturated heterocycles. The van der Waals surface area contributed by atoms with Gasteiger partial charge in [0, 0.05) is 23.7 Å². The number of amides is 3. The van der Waals surface area contributed by atoms with Crippen molar-refractivity contribution < 1.29 is 19.5 Å². The Morgan fingerprint density at radius 2 is 1.75 bits per heavy atom. The van der Waals surface area contributed by atoms with Gasteiger partial charge in [0.1, 0.15) is 0 Å². The number of aliphatic carboxylic acids is 1. The second-order valence-corrected chi connectivity index (χ2v) is 5.50. The molecule has 20 heavy (non-hydrogen) atoms. The van der Waals surface area contributed by atoms with Crippen LogP contribution in [0.25, 0.3) is 0 Å². The Morgan fingerprint density at radius 1 is 1.20 bits per heavy atom. The number of hydrogen-bond acceptors (Lipinski definition) is 3. The van der Waals surface area contributed by atoms with Gasteiger partial charge in [-0.2, -0.15) is 0 Å². The van der Waals surface area contributed by atoms with Gasteiger partial charge in [0.15, 0.2) is 0 Å². The molecular formula is C14H22N2O4. The Hall–Kier alpha value is -1.85. The van der Waals surface area contributed by atoms with Crippen LogP contribution in [0.1, 0.15) is 40.5 Å². The lowest BCUT2D eigenvalue weighted by molar-refractivity contribution is -0.133. The number of carboxylic acids is 1. The van der Waals surface area contributed by atoms with E-state index in [1.807, 2.05) is 13.8 Å². The lowest BCUT2D eigenvalue weighted by Crippen LogP contribution is -2.47. The second kappa shape index (κ2) is 6.54. The van der Waals surface area contributed by atoms with Crippen LogP contribution in [0, 0.1) is 5.92 Å². The average molecular weight is 282 g/mol. The predicted octanol–water partition coefficient (Wildman–Crippen LogP) is 1.76. The van der Waals surface area contributed by atoms with Gasteiger partial charge in [0.2, 0.25) is 0 Å². The summed E-state index contributed by atoms with van der Waals surface area (Å²) in [7, 11) is 0. The van der Waals surface area contributed by atoms with Gasteiger partial charge in [-0.1, -0.05) is 0 Å². The van der Waals surface area contributed by atoms with Crippen LogP contribution in [0.5, 0.6) is 0 Å². The van der Waals surface area contributed by atoms with Crippen molar-refractivity contribution in [2.75, 3.05) is 6.54 Å². The van der Waals surface area contributed by atoms with E-state index >= 15 is 0 Å². The van der Waals surface area contributed by atoms with Gasteiger partial charge in [-0.25, -0.2) is 9.59 Å². The minimum atomic E-state index is -1.16. The second-order valence-electron chi connectivity index (χ2n) is 5.50. The Kier molecular flexibility index (Phi) is 5.30. The van der Waals surface area contributed by atoms with E-state index in [1.165, 1.54) is 13.8 Å². The Morgan fingerprint density at radius 3 is 2.15 bits per heavy atom. The van der Waals surface area contributed by atoms with Crippen molar-refractivity contribution in [1.29, 1.82) is 0 Å². The summed E-state index contributed by atoms with van der Waals surface area (Å²) in [5.41, 5.74) is -0.0189. The summed E-state index contributed by atoms with van der Waals surface area (Å²) in [5.74, 6) is -1.30. The minimum absolute atomic E-state index is 0.00624. The van der Waals surface area contributed by atoms with Crippen molar-refractivity contribution >= 4 is 17.9 Å². The zero-order chi connectivity index (χ0) is 15.4. The van der Waals surface area contributed by atoms with Crippen LogP contribution in [0.3, 0.4) is 0 Å². The number of nitrogens with zero attached hydrogens (tertiary/aromatic N) is 1. The molecule has 0 bridgehead atoms. The van der Waals surface area contributed by atoms with Gasteiger partial charge in [-0.05, 0) is 46.5 Å². The van der Waals surface area contributed by atoms with Crippen LogP contribution < -0.4 is 5.32 Å². The molecule has 6 nitrogen and oxygen atoms in total. The monoisotopic (exact) mass is 282 g/mol. The highest BCUT2D eigenvalue weighted by molar-refractivity contribution is 6.07. The number of carbonyl (C=O) groups is 3. The summed E-state index contributed by atoms with van der Waals surface area (Å²) in [6, 6.07) is -0.470. The highest BCUT2D eigenvalue weighted by Crippen LogP contribution is 2.30. The van der Waals surface area contributed by atoms with Crippen molar-refractivity contribution in [3.8, 4) is 0 Å². The van der Waals surface area contributed by atoms with Crippen molar-refractivity contribution in [2.45, 2.75) is 46.6 Å². The molecule has 0 aromatic heterocycles. The van der Waals surface area contributed by atoms with E-state index in [1.54, 1.807) is 4.90 Å². The highest BCUT2D eigenvalue weighted by Gasteiger charge is 2.29. The molecule has 1 fully saturated rings. The van der Waals surface area contributed by atoms with E-state index in [4.69, 9.17) is 5.11 Å². The smallest absolute Gasteiger partial charge is 0.331 e. The number of urea groups is 1. The number of imide groups is 1. The molecule has 0 unspecified atom stereocenters. The quantitative estimate of drug-likeness (QED) is 0.752. The molecule has 1 rings (SSSR count). The van der Waals surface area contributed by atoms with E-state index in [0.717, 1.165) is 12.8 Å². The molecule has 2 N–H and O–H groups in total. The van der Waals surface area contributed by atoms with Crippen LogP contribution in [0.4, 0.5) is 4.79 Å². The van der Waals surface area contributed by atoms with Crippen molar-refractivity contribution in [1.82, 2.24) is 10.2 Å². The molecule has 112 valence electrons. The topological polar surface area (TPSA) is 86.7 Å². The molecule has 0 atom stereocenters. The van der Waals surface area contributed by atoms with Crippen molar-refractivity contribution in [3.05, 3.63) is 11.1 Å². The van der Waals surface area contributed by atoms with Crippen LogP contribution in [-0.4, -0.2) is 40.5 Å². The third-order valence-corrected chi connectivity index (χ3v) is 3.48. The third kappa shape index (κ3) is 4.36. The molecule has 0 aromatic rings. The van der Waals surface area contributed by atoms with Crippen LogP contribution in [0.15, 0.2) is 11.1 Å². The number of nitrogens with one attached hydrogen (secondary N) is 1. The third-order valence-electron chi connectivity index (χ3n) is 3.48. The first-order valence-electron chi connectivity index (χ1n) is 6.76. The number of carboxylic acid groups (broad SMARTS) is 1. The largest absolute Gasteiger partial charge is 0.478 e. The van der Waals surface area contributed by atoms with E-state index in [9.17, 15) is 14.4 Å². The first-order chi connectivity index (χ1) is 9.23. The number of carbonyl (C=O) groups excluding carboxylic acids is 2. The van der Waals surface area contributed by atoms with Gasteiger partial charge in [-0.15, -0.1) is 0 Å². The minimum Gasteiger partial charge on any atom is -0.478 e. The fourth-order valence-electron chi connectivity index (χ4n) is 1.70. The number of rotatable bonds is 5. The van der Waals surface area contributed by atoms with Crippen molar-refractivity contribution in [3.63, 3.8) is 0 Å². The molecule has 3 amide bonds. The first kappa shape index (κ1) is 16.2. The fraction of sp³-hybridized carbons (Fsp3) is 0.643. The lowest BCUT2D eigenvalue weighted by atomic mass is 10.1. The van der Waals surface area contributed by atoms with Crippen LogP contribution in [-0.2, 0) is 9.59 Å². The van der Waals surface area contributed by atoms with Gasteiger partial charge < -0.3 is 10.0 Å². The highest BCUT2D eigenvalue weighted by atomic mass is 16.4. The summed E-state index contributed by atoms with van der Waals surface area (Å²) in [6.45, 7) is 7.14. The molecule has 1 aliphatic carbocycles. The maximum absolute atomic E-state index is 12.1. The zero-order valence-corrected chi connectivity index (χ0v) is 12.4. The summed E-state index contributed by atoms with van der Waals surface area (Å²) in [6.07, 6.45) is 2.23. The standard InChI is InChI=1S/C14H22N2O4/c1-8(2)16(7-11-5-6-11)14(20)15-12(17)9(3)10(4)13(18)19/h8,11H,5-7H2,1-4H3,(H,18,19)(H,15,17,20). The molecule has 1 aliphatic rings. The summed E-state index contributed by atoms with van der Waals surface area (Å²) < 4.78 is 0. The maximum Gasteiger partial charge on any atom is 0.331 e. The molecule has 0 heterocycles. The molecule has 0 spiro atoms.